The van der Waals surface area contributed by atoms with Crippen molar-refractivity contribution < 1.29 is 24.9 Å². The third kappa shape index (κ3) is 7.69. The SMILES string of the molecule is CCCCCCC=C[C@H]1CCC(=O)[C@@H]1CC=C=C(C)CC(O)(O)C(=O)O. The molecule has 1 saturated carbocycles. The van der Waals surface area contributed by atoms with Crippen LogP contribution in [0.25, 0.3) is 0 Å². The summed E-state index contributed by atoms with van der Waals surface area (Å²) >= 11 is 0. The van der Waals surface area contributed by atoms with Crippen LogP contribution in [-0.2, 0) is 9.59 Å². The van der Waals surface area contributed by atoms with Crippen molar-refractivity contribution in [2.24, 2.45) is 11.8 Å². The lowest BCUT2D eigenvalue weighted by molar-refractivity contribution is -0.202. The van der Waals surface area contributed by atoms with E-state index in [1.165, 1.54) is 25.7 Å². The van der Waals surface area contributed by atoms with Gasteiger partial charge in [-0.3, -0.25) is 4.79 Å². The fourth-order valence-corrected chi connectivity index (χ4v) is 3.29. The highest BCUT2D eigenvalue weighted by atomic mass is 16.5. The van der Waals surface area contributed by atoms with Crippen molar-refractivity contribution in [3.05, 3.63) is 29.5 Å². The highest BCUT2D eigenvalue weighted by Gasteiger charge is 2.33. The number of carboxylic acid groups (broad SMARTS) is 1. The van der Waals surface area contributed by atoms with Crippen molar-refractivity contribution in [1.29, 1.82) is 0 Å². The summed E-state index contributed by atoms with van der Waals surface area (Å²) in [6, 6.07) is 0. The zero-order valence-corrected chi connectivity index (χ0v) is 15.9. The predicted molar refractivity (Wildman–Crippen MR) is 100 cm³/mol. The number of carbonyl (C=O) groups excluding carboxylic acids is 1. The molecular weight excluding hydrogens is 332 g/mol. The number of aliphatic hydroxyl groups is 2. The number of rotatable bonds is 11. The maximum Gasteiger partial charge on any atom is 0.364 e. The van der Waals surface area contributed by atoms with Crippen LogP contribution < -0.4 is 0 Å². The molecule has 3 N–H and O–H groups in total. The number of carboxylic acids is 1. The Hall–Kier alpha value is -1.68. The predicted octanol–water partition coefficient (Wildman–Crippen LogP) is 3.76. The number of allylic oxidation sites excluding steroid dienone is 2. The Labute approximate surface area is 156 Å². The van der Waals surface area contributed by atoms with Gasteiger partial charge in [0, 0.05) is 18.8 Å². The van der Waals surface area contributed by atoms with Crippen molar-refractivity contribution in [3.63, 3.8) is 0 Å². The molecule has 1 aliphatic carbocycles. The third-order valence-electron chi connectivity index (χ3n) is 4.84. The first kappa shape index (κ1) is 22.4. The van der Waals surface area contributed by atoms with Crippen molar-refractivity contribution in [2.75, 3.05) is 0 Å². The molecule has 0 aromatic carbocycles. The zero-order valence-electron chi connectivity index (χ0n) is 15.9. The second kappa shape index (κ2) is 11.1. The van der Waals surface area contributed by atoms with Crippen molar-refractivity contribution in [2.45, 2.75) is 77.4 Å². The van der Waals surface area contributed by atoms with Gasteiger partial charge >= 0.3 is 5.97 Å². The van der Waals surface area contributed by atoms with Crippen LogP contribution in [0.4, 0.5) is 0 Å². The Balaban J connectivity index is 2.57. The van der Waals surface area contributed by atoms with Gasteiger partial charge in [0.1, 0.15) is 5.78 Å². The van der Waals surface area contributed by atoms with Gasteiger partial charge in [0.2, 0.25) is 0 Å². The number of Topliss-reactive ketones (excluding diaryl/α,β-unsaturated/α-hetero) is 1. The molecule has 0 amide bonds. The Morgan fingerprint density at radius 3 is 2.69 bits per heavy atom. The van der Waals surface area contributed by atoms with Gasteiger partial charge in [-0.2, -0.15) is 0 Å². The Kier molecular flexibility index (Phi) is 9.57. The molecule has 0 radical (unpaired) electrons. The fraction of sp³-hybridized carbons (Fsp3) is 0.667. The molecule has 1 aliphatic rings. The number of unbranched alkanes of at least 4 members (excludes halogenated alkanes) is 4. The molecule has 26 heavy (non-hydrogen) atoms. The lowest BCUT2D eigenvalue weighted by Gasteiger charge is -2.15. The molecule has 0 bridgehead atoms. The van der Waals surface area contributed by atoms with Gasteiger partial charge in [-0.15, -0.1) is 5.73 Å². The molecule has 0 heterocycles. The largest absolute Gasteiger partial charge is 0.477 e. The molecule has 146 valence electrons. The Morgan fingerprint density at radius 2 is 2.04 bits per heavy atom. The molecule has 1 fully saturated rings. The minimum absolute atomic E-state index is 0.0605. The van der Waals surface area contributed by atoms with Crippen molar-refractivity contribution in [3.8, 4) is 0 Å². The van der Waals surface area contributed by atoms with E-state index in [0.29, 0.717) is 18.4 Å². The van der Waals surface area contributed by atoms with Crippen LogP contribution in [0.5, 0.6) is 0 Å². The van der Waals surface area contributed by atoms with E-state index >= 15 is 0 Å². The summed E-state index contributed by atoms with van der Waals surface area (Å²) in [6.07, 6.45) is 13.6. The second-order valence-corrected chi connectivity index (χ2v) is 7.22. The molecule has 2 atom stereocenters. The Morgan fingerprint density at radius 1 is 1.31 bits per heavy atom. The minimum atomic E-state index is -2.78. The van der Waals surface area contributed by atoms with Crippen LogP contribution in [0.2, 0.25) is 0 Å². The van der Waals surface area contributed by atoms with Crippen LogP contribution in [-0.4, -0.2) is 32.9 Å². The van der Waals surface area contributed by atoms with E-state index in [1.807, 2.05) is 0 Å². The van der Waals surface area contributed by atoms with Crippen LogP contribution in [0, 0.1) is 11.8 Å². The lowest BCUT2D eigenvalue weighted by atomic mass is 9.91. The normalized spacial score (nSPS) is 20.4. The van der Waals surface area contributed by atoms with E-state index in [2.05, 4.69) is 24.8 Å². The van der Waals surface area contributed by atoms with Crippen LogP contribution in [0.3, 0.4) is 0 Å². The first-order chi connectivity index (χ1) is 12.3. The van der Waals surface area contributed by atoms with E-state index in [-0.39, 0.29) is 17.6 Å². The highest BCUT2D eigenvalue weighted by Crippen LogP contribution is 2.32. The van der Waals surface area contributed by atoms with Crippen LogP contribution in [0.1, 0.15) is 71.6 Å². The molecule has 0 aromatic rings. The summed E-state index contributed by atoms with van der Waals surface area (Å²) in [5, 5.41) is 27.4. The monoisotopic (exact) mass is 364 g/mol. The number of hydrogen-bond donors (Lipinski definition) is 3. The number of carbonyl (C=O) groups is 2. The van der Waals surface area contributed by atoms with E-state index in [9.17, 15) is 19.8 Å². The molecule has 0 spiro atoms. The third-order valence-corrected chi connectivity index (χ3v) is 4.84. The highest BCUT2D eigenvalue weighted by molar-refractivity contribution is 5.83. The zero-order chi connectivity index (χ0) is 19.6. The number of ketones is 1. The number of aliphatic carboxylic acids is 1. The Bertz CT molecular complexity index is 567. The van der Waals surface area contributed by atoms with Crippen molar-refractivity contribution >= 4 is 11.8 Å². The average Bonchev–Trinajstić information content (AvgIpc) is 2.90. The summed E-state index contributed by atoms with van der Waals surface area (Å²) in [5.74, 6) is -4.02. The van der Waals surface area contributed by atoms with Gasteiger partial charge in [-0.05, 0) is 50.2 Å². The fourth-order valence-electron chi connectivity index (χ4n) is 3.29. The van der Waals surface area contributed by atoms with Gasteiger partial charge in [0.25, 0.3) is 5.79 Å². The maximum absolute atomic E-state index is 12.1. The summed E-state index contributed by atoms with van der Waals surface area (Å²) < 4.78 is 0. The standard InChI is InChI=1S/C21H32O5/c1-3-4-5-6-7-8-11-17-13-14-19(22)18(17)12-9-10-16(2)15-21(25,26)20(23)24/h8-9,11,17-18,25-26H,3-7,12-15H2,1-2H3,(H,23,24)/t10?,17-,18+/m0/s1. The van der Waals surface area contributed by atoms with Gasteiger partial charge in [-0.1, -0.05) is 38.3 Å². The van der Waals surface area contributed by atoms with Crippen molar-refractivity contribution in [1.82, 2.24) is 0 Å². The van der Waals surface area contributed by atoms with E-state index in [0.717, 1.165) is 12.8 Å². The molecular formula is C21H32O5. The van der Waals surface area contributed by atoms with Gasteiger partial charge in [0.15, 0.2) is 0 Å². The first-order valence-corrected chi connectivity index (χ1v) is 9.56. The topological polar surface area (TPSA) is 94.8 Å². The molecule has 0 saturated heterocycles. The molecule has 0 aromatic heterocycles. The quantitative estimate of drug-likeness (QED) is 0.225. The smallest absolute Gasteiger partial charge is 0.364 e. The summed E-state index contributed by atoms with van der Waals surface area (Å²) in [4.78, 5) is 22.8. The molecule has 1 rings (SSSR count). The average molecular weight is 364 g/mol. The second-order valence-electron chi connectivity index (χ2n) is 7.22. The van der Waals surface area contributed by atoms with E-state index in [1.54, 1.807) is 13.0 Å². The minimum Gasteiger partial charge on any atom is -0.477 e. The summed E-state index contributed by atoms with van der Waals surface area (Å²) in [5.41, 5.74) is 3.31. The van der Waals surface area contributed by atoms with Gasteiger partial charge in [0.05, 0.1) is 0 Å². The molecule has 0 aliphatic heterocycles. The molecule has 5 heteroatoms. The number of hydrogen-bond acceptors (Lipinski definition) is 4. The summed E-state index contributed by atoms with van der Waals surface area (Å²) in [7, 11) is 0. The van der Waals surface area contributed by atoms with Crippen LogP contribution >= 0.6 is 0 Å². The van der Waals surface area contributed by atoms with E-state index < -0.39 is 18.2 Å². The summed E-state index contributed by atoms with van der Waals surface area (Å²) in [6.45, 7) is 3.78. The van der Waals surface area contributed by atoms with Gasteiger partial charge in [-0.25, -0.2) is 4.79 Å². The van der Waals surface area contributed by atoms with E-state index in [4.69, 9.17) is 5.11 Å². The first-order valence-electron chi connectivity index (χ1n) is 9.56. The van der Waals surface area contributed by atoms with Crippen LogP contribution in [0.15, 0.2) is 29.5 Å². The molecule has 0 unspecified atom stereocenters. The molecule has 5 nitrogen and oxygen atoms in total. The van der Waals surface area contributed by atoms with Gasteiger partial charge < -0.3 is 15.3 Å². The lowest BCUT2D eigenvalue weighted by Crippen LogP contribution is -2.38. The maximum atomic E-state index is 12.1.